The summed E-state index contributed by atoms with van der Waals surface area (Å²) in [5.74, 6) is 0.699. The molecule has 118 valence electrons. The molecule has 1 aliphatic heterocycles. The lowest BCUT2D eigenvalue weighted by atomic mass is 10.1. The van der Waals surface area contributed by atoms with Crippen LogP contribution in [0.4, 0.5) is 16.2 Å². The zero-order valence-electron chi connectivity index (χ0n) is 12.7. The third-order valence-corrected chi connectivity index (χ3v) is 3.46. The van der Waals surface area contributed by atoms with Crippen LogP contribution in [0.3, 0.4) is 0 Å². The van der Waals surface area contributed by atoms with Gasteiger partial charge in [-0.25, -0.2) is 4.79 Å². The second kappa shape index (κ2) is 7.49. The first-order chi connectivity index (χ1) is 10.7. The van der Waals surface area contributed by atoms with E-state index in [9.17, 15) is 9.59 Å². The molecule has 1 aliphatic rings. The Morgan fingerprint density at radius 2 is 2.27 bits per heavy atom. The number of carbonyl (C=O) groups is 2. The Bertz CT molecular complexity index is 572. The predicted octanol–water partition coefficient (Wildman–Crippen LogP) is 2.52. The number of hydrogen-bond donors (Lipinski definition) is 2. The molecule has 22 heavy (non-hydrogen) atoms. The number of rotatable bonds is 5. The Balaban J connectivity index is 2.20. The van der Waals surface area contributed by atoms with Gasteiger partial charge in [-0.3, -0.25) is 4.79 Å². The minimum absolute atomic E-state index is 0.0813. The monoisotopic (exact) mass is 303 g/mol. The van der Waals surface area contributed by atoms with Crippen molar-refractivity contribution < 1.29 is 14.3 Å². The summed E-state index contributed by atoms with van der Waals surface area (Å²) < 4.78 is 5.34. The van der Waals surface area contributed by atoms with Crippen LogP contribution in [0.25, 0.3) is 0 Å². The van der Waals surface area contributed by atoms with Crippen molar-refractivity contribution in [2.75, 3.05) is 30.4 Å². The molecule has 2 N–H and O–H groups in total. The molecule has 0 saturated carbocycles. The summed E-state index contributed by atoms with van der Waals surface area (Å²) >= 11 is 0. The Kier molecular flexibility index (Phi) is 5.41. The van der Waals surface area contributed by atoms with Crippen LogP contribution in [-0.4, -0.2) is 32.1 Å². The molecule has 1 fully saturated rings. The Morgan fingerprint density at radius 3 is 2.95 bits per heavy atom. The van der Waals surface area contributed by atoms with Gasteiger partial charge in [0.05, 0.1) is 12.8 Å². The van der Waals surface area contributed by atoms with Crippen LogP contribution in [0.5, 0.6) is 5.75 Å². The molecule has 2 rings (SSSR count). The van der Waals surface area contributed by atoms with Crippen LogP contribution in [0.1, 0.15) is 19.3 Å². The van der Waals surface area contributed by atoms with Gasteiger partial charge in [-0.2, -0.15) is 0 Å². The van der Waals surface area contributed by atoms with E-state index in [1.807, 2.05) is 0 Å². The first-order valence-electron chi connectivity index (χ1n) is 7.30. The van der Waals surface area contributed by atoms with Gasteiger partial charge in [0.2, 0.25) is 5.91 Å². The molecule has 0 unspecified atom stereocenters. The van der Waals surface area contributed by atoms with E-state index < -0.39 is 0 Å². The minimum Gasteiger partial charge on any atom is -0.495 e. The molecule has 0 spiro atoms. The van der Waals surface area contributed by atoms with Gasteiger partial charge in [-0.15, -0.1) is 6.58 Å². The topological polar surface area (TPSA) is 70.7 Å². The molecule has 0 aromatic heterocycles. The van der Waals surface area contributed by atoms with Gasteiger partial charge in [0.1, 0.15) is 5.75 Å². The molecule has 1 saturated heterocycles. The average Bonchev–Trinajstić information content (AvgIpc) is 2.53. The highest BCUT2D eigenvalue weighted by atomic mass is 16.5. The van der Waals surface area contributed by atoms with Gasteiger partial charge in [-0.1, -0.05) is 6.08 Å². The first kappa shape index (κ1) is 15.9. The lowest BCUT2D eigenvalue weighted by Crippen LogP contribution is -2.35. The van der Waals surface area contributed by atoms with Gasteiger partial charge < -0.3 is 20.3 Å². The highest BCUT2D eigenvalue weighted by Crippen LogP contribution is 2.33. The molecule has 6 heteroatoms. The summed E-state index contributed by atoms with van der Waals surface area (Å²) in [7, 11) is 1.57. The van der Waals surface area contributed by atoms with E-state index in [4.69, 9.17) is 4.74 Å². The maximum Gasteiger partial charge on any atom is 0.319 e. The van der Waals surface area contributed by atoms with Crippen molar-refractivity contribution in [3.05, 3.63) is 30.9 Å². The van der Waals surface area contributed by atoms with E-state index in [1.54, 1.807) is 36.3 Å². The molecule has 0 radical (unpaired) electrons. The van der Waals surface area contributed by atoms with E-state index in [2.05, 4.69) is 17.2 Å². The molecule has 3 amide bonds. The summed E-state index contributed by atoms with van der Waals surface area (Å²) in [5.41, 5.74) is 1.30. The van der Waals surface area contributed by atoms with Gasteiger partial charge in [-0.05, 0) is 31.0 Å². The Hall–Kier alpha value is -2.50. The van der Waals surface area contributed by atoms with Crippen molar-refractivity contribution in [2.45, 2.75) is 19.3 Å². The number of carbonyl (C=O) groups excluding carboxylic acids is 2. The molecule has 1 aromatic carbocycles. The molecule has 6 nitrogen and oxygen atoms in total. The quantitative estimate of drug-likeness (QED) is 0.821. The largest absolute Gasteiger partial charge is 0.495 e. The lowest BCUT2D eigenvalue weighted by molar-refractivity contribution is -0.119. The smallest absolute Gasteiger partial charge is 0.319 e. The van der Waals surface area contributed by atoms with E-state index in [-0.39, 0.29) is 11.9 Å². The summed E-state index contributed by atoms with van der Waals surface area (Å²) in [4.78, 5) is 25.5. The normalized spacial score (nSPS) is 14.4. The number of ether oxygens (including phenoxy) is 1. The fraction of sp³-hybridized carbons (Fsp3) is 0.375. The van der Waals surface area contributed by atoms with E-state index in [1.165, 1.54) is 0 Å². The second-order valence-electron chi connectivity index (χ2n) is 5.01. The van der Waals surface area contributed by atoms with E-state index >= 15 is 0 Å². The maximum atomic E-state index is 12.1. The predicted molar refractivity (Wildman–Crippen MR) is 86.4 cm³/mol. The first-order valence-corrected chi connectivity index (χ1v) is 7.30. The molecule has 1 aromatic rings. The molecule has 0 atom stereocenters. The number of methoxy groups -OCH3 is 1. The van der Waals surface area contributed by atoms with Crippen LogP contribution in [0.15, 0.2) is 30.9 Å². The number of piperidine rings is 1. The van der Waals surface area contributed by atoms with E-state index in [0.29, 0.717) is 36.6 Å². The molecule has 0 aliphatic carbocycles. The van der Waals surface area contributed by atoms with Crippen LogP contribution >= 0.6 is 0 Å². The summed E-state index contributed by atoms with van der Waals surface area (Å²) in [6, 6.07) is 4.93. The maximum absolute atomic E-state index is 12.1. The highest BCUT2D eigenvalue weighted by Gasteiger charge is 2.23. The van der Waals surface area contributed by atoms with Crippen molar-refractivity contribution in [3.63, 3.8) is 0 Å². The average molecular weight is 303 g/mol. The number of nitrogens with one attached hydrogen (secondary N) is 2. The van der Waals surface area contributed by atoms with Gasteiger partial charge in [0.25, 0.3) is 0 Å². The fourth-order valence-electron chi connectivity index (χ4n) is 2.38. The number of urea groups is 1. The fourth-order valence-corrected chi connectivity index (χ4v) is 2.38. The van der Waals surface area contributed by atoms with E-state index in [0.717, 1.165) is 12.8 Å². The van der Waals surface area contributed by atoms with Gasteiger partial charge in [0.15, 0.2) is 0 Å². The molecule has 0 bridgehead atoms. The SMILES string of the molecule is C=CCNC(=O)Nc1ccc(OC)c(N2CCCCC2=O)c1. The van der Waals surface area contributed by atoms with Crippen LogP contribution in [0.2, 0.25) is 0 Å². The minimum atomic E-state index is -0.319. The Morgan fingerprint density at radius 1 is 1.45 bits per heavy atom. The summed E-state index contributed by atoms with van der Waals surface area (Å²) in [6.07, 6.45) is 4.03. The van der Waals surface area contributed by atoms with Crippen LogP contribution in [-0.2, 0) is 4.79 Å². The standard InChI is InChI=1S/C16H21N3O3/c1-3-9-17-16(21)18-12-7-8-14(22-2)13(11-12)19-10-5-4-6-15(19)20/h3,7-8,11H,1,4-6,9-10H2,2H3,(H2,17,18,21). The number of amides is 3. The number of hydrogen-bond acceptors (Lipinski definition) is 3. The zero-order chi connectivity index (χ0) is 15.9. The van der Waals surface area contributed by atoms with Gasteiger partial charge in [0, 0.05) is 25.2 Å². The number of anilines is 2. The third-order valence-electron chi connectivity index (χ3n) is 3.46. The third kappa shape index (κ3) is 3.78. The number of benzene rings is 1. The molecular formula is C16H21N3O3. The van der Waals surface area contributed by atoms with Crippen LogP contribution < -0.4 is 20.3 Å². The molecule has 1 heterocycles. The Labute approximate surface area is 130 Å². The lowest BCUT2D eigenvalue weighted by Gasteiger charge is -2.28. The second-order valence-corrected chi connectivity index (χ2v) is 5.01. The van der Waals surface area contributed by atoms with Crippen molar-refractivity contribution in [2.24, 2.45) is 0 Å². The zero-order valence-corrected chi connectivity index (χ0v) is 12.7. The van der Waals surface area contributed by atoms with Crippen molar-refractivity contribution in [1.82, 2.24) is 5.32 Å². The highest BCUT2D eigenvalue weighted by molar-refractivity contribution is 5.97. The molecular weight excluding hydrogens is 282 g/mol. The van der Waals surface area contributed by atoms with Crippen molar-refractivity contribution >= 4 is 23.3 Å². The summed E-state index contributed by atoms with van der Waals surface area (Å²) in [5, 5.41) is 5.37. The summed E-state index contributed by atoms with van der Waals surface area (Å²) in [6.45, 7) is 4.60. The van der Waals surface area contributed by atoms with Crippen LogP contribution in [0, 0.1) is 0 Å². The number of nitrogens with zero attached hydrogens (tertiary/aromatic N) is 1. The van der Waals surface area contributed by atoms with Crippen molar-refractivity contribution in [1.29, 1.82) is 0 Å². The van der Waals surface area contributed by atoms with Crippen molar-refractivity contribution in [3.8, 4) is 5.75 Å². The van der Waals surface area contributed by atoms with Gasteiger partial charge >= 0.3 is 6.03 Å².